The quantitative estimate of drug-likeness (QED) is 0.879. The summed E-state index contributed by atoms with van der Waals surface area (Å²) < 4.78 is 4.82. The van der Waals surface area contributed by atoms with Crippen LogP contribution in [0.2, 0.25) is 0 Å². The Bertz CT molecular complexity index is 823. The molecule has 1 atom stereocenters. The minimum absolute atomic E-state index is 0.0184. The van der Waals surface area contributed by atoms with Crippen LogP contribution in [0, 0.1) is 11.3 Å². The van der Waals surface area contributed by atoms with Crippen molar-refractivity contribution in [1.82, 2.24) is 4.98 Å². The van der Waals surface area contributed by atoms with Gasteiger partial charge in [0.1, 0.15) is 0 Å². The molecular weight excluding hydrogens is 302 g/mol. The highest BCUT2D eigenvalue weighted by atomic mass is 16.5. The molecule has 0 radical (unpaired) electrons. The van der Waals surface area contributed by atoms with Crippen molar-refractivity contribution in [3.63, 3.8) is 0 Å². The van der Waals surface area contributed by atoms with E-state index in [4.69, 9.17) is 9.72 Å². The number of fused-ring (bicyclic) bond motifs is 2. The molecule has 1 N–H and O–H groups in total. The standard InChI is InChI=1S/C20H23NO3/c1-20(7-8-20)13-4-6-18-15(10-13)16(11-22)14-9-12(19(23)24-2)3-5-17(14)21-18/h3,5,9,13,22H,4,6-8,10-11H2,1-2H3/t13-/m0/s1. The molecule has 1 heterocycles. The highest BCUT2D eigenvalue weighted by molar-refractivity contribution is 5.95. The van der Waals surface area contributed by atoms with Crippen LogP contribution >= 0.6 is 0 Å². The molecule has 2 aliphatic carbocycles. The summed E-state index contributed by atoms with van der Waals surface area (Å²) in [5.41, 5.74) is 5.10. The average Bonchev–Trinajstić information content (AvgIpc) is 3.36. The van der Waals surface area contributed by atoms with Gasteiger partial charge in [-0.3, -0.25) is 4.98 Å². The number of rotatable bonds is 3. The third-order valence-electron chi connectivity index (χ3n) is 6.07. The van der Waals surface area contributed by atoms with Crippen LogP contribution < -0.4 is 0 Å². The number of ether oxygens (including phenoxy) is 1. The zero-order valence-electron chi connectivity index (χ0n) is 14.3. The third kappa shape index (κ3) is 2.40. The summed E-state index contributed by atoms with van der Waals surface area (Å²) in [7, 11) is 1.38. The van der Waals surface area contributed by atoms with E-state index in [0.29, 0.717) is 16.9 Å². The van der Waals surface area contributed by atoms with Crippen molar-refractivity contribution in [2.75, 3.05) is 7.11 Å². The van der Waals surface area contributed by atoms with E-state index in [0.717, 1.165) is 35.0 Å². The Morgan fingerprint density at radius 1 is 1.42 bits per heavy atom. The summed E-state index contributed by atoms with van der Waals surface area (Å²) in [5, 5.41) is 10.9. The number of aromatic nitrogens is 1. The zero-order chi connectivity index (χ0) is 16.9. The van der Waals surface area contributed by atoms with E-state index >= 15 is 0 Å². The lowest BCUT2D eigenvalue weighted by Crippen LogP contribution is -2.24. The Balaban J connectivity index is 1.84. The van der Waals surface area contributed by atoms with Gasteiger partial charge in [0.25, 0.3) is 0 Å². The van der Waals surface area contributed by atoms with E-state index < -0.39 is 0 Å². The number of methoxy groups -OCH3 is 1. The molecule has 0 saturated heterocycles. The second-order valence-electron chi connectivity index (χ2n) is 7.49. The summed E-state index contributed by atoms with van der Waals surface area (Å²) in [6.45, 7) is 2.36. The second kappa shape index (κ2) is 5.55. The number of aliphatic hydroxyl groups excluding tert-OH is 1. The molecule has 24 heavy (non-hydrogen) atoms. The molecule has 0 amide bonds. The normalized spacial score (nSPS) is 21.4. The largest absolute Gasteiger partial charge is 0.465 e. The molecule has 126 valence electrons. The highest BCUT2D eigenvalue weighted by Gasteiger charge is 2.45. The van der Waals surface area contributed by atoms with Crippen LogP contribution in [0.25, 0.3) is 10.9 Å². The second-order valence-corrected chi connectivity index (χ2v) is 7.49. The minimum Gasteiger partial charge on any atom is -0.465 e. The number of benzene rings is 1. The zero-order valence-corrected chi connectivity index (χ0v) is 14.3. The molecule has 4 heteroatoms. The summed E-state index contributed by atoms with van der Waals surface area (Å²) in [6.07, 6.45) is 5.79. The van der Waals surface area contributed by atoms with Crippen LogP contribution in [0.3, 0.4) is 0 Å². The third-order valence-corrected chi connectivity index (χ3v) is 6.07. The first-order valence-electron chi connectivity index (χ1n) is 8.69. The Hall–Kier alpha value is -1.94. The van der Waals surface area contributed by atoms with E-state index in [1.807, 2.05) is 12.1 Å². The van der Waals surface area contributed by atoms with Crippen LogP contribution in [0.15, 0.2) is 18.2 Å². The van der Waals surface area contributed by atoms with Crippen LogP contribution in [-0.4, -0.2) is 23.2 Å². The van der Waals surface area contributed by atoms with E-state index in [2.05, 4.69) is 6.92 Å². The van der Waals surface area contributed by atoms with Gasteiger partial charge in [0, 0.05) is 11.1 Å². The maximum Gasteiger partial charge on any atom is 0.337 e. The lowest BCUT2D eigenvalue weighted by Gasteiger charge is -2.30. The van der Waals surface area contributed by atoms with E-state index in [9.17, 15) is 9.90 Å². The smallest absolute Gasteiger partial charge is 0.337 e. The van der Waals surface area contributed by atoms with Crippen molar-refractivity contribution in [2.24, 2.45) is 11.3 Å². The van der Waals surface area contributed by atoms with Gasteiger partial charge in [-0.05, 0) is 72.8 Å². The molecule has 1 aromatic heterocycles. The van der Waals surface area contributed by atoms with Gasteiger partial charge in [0.15, 0.2) is 0 Å². The molecule has 0 spiro atoms. The number of carbonyl (C=O) groups excluding carboxylic acids is 1. The molecule has 4 rings (SSSR count). The number of aryl methyl sites for hydroxylation is 1. The van der Waals surface area contributed by atoms with Gasteiger partial charge in [-0.25, -0.2) is 4.79 Å². The van der Waals surface area contributed by atoms with Crippen molar-refractivity contribution in [1.29, 1.82) is 0 Å². The van der Waals surface area contributed by atoms with Crippen LogP contribution in [0.1, 0.15) is 53.4 Å². The predicted molar refractivity (Wildman–Crippen MR) is 91.9 cm³/mol. The highest BCUT2D eigenvalue weighted by Crippen LogP contribution is 2.55. The van der Waals surface area contributed by atoms with E-state index in [1.165, 1.54) is 31.9 Å². The summed E-state index contributed by atoms with van der Waals surface area (Å²) in [4.78, 5) is 16.7. The first-order chi connectivity index (χ1) is 11.6. The SMILES string of the molecule is COC(=O)c1ccc2nc3c(c(CO)c2c1)C[C@@H](C1(C)CC1)CC3. The van der Waals surface area contributed by atoms with Gasteiger partial charge in [-0.2, -0.15) is 0 Å². The molecule has 1 fully saturated rings. The van der Waals surface area contributed by atoms with Crippen molar-refractivity contribution >= 4 is 16.9 Å². The Labute approximate surface area is 141 Å². The van der Waals surface area contributed by atoms with Crippen molar-refractivity contribution in [2.45, 2.75) is 45.6 Å². The monoisotopic (exact) mass is 325 g/mol. The minimum atomic E-state index is -0.359. The van der Waals surface area contributed by atoms with Gasteiger partial charge in [-0.1, -0.05) is 6.92 Å². The van der Waals surface area contributed by atoms with Gasteiger partial charge in [0.05, 0.1) is 24.8 Å². The first-order valence-corrected chi connectivity index (χ1v) is 8.69. The Kier molecular flexibility index (Phi) is 3.61. The number of aliphatic hydroxyl groups is 1. The van der Waals surface area contributed by atoms with Crippen LogP contribution in [0.4, 0.5) is 0 Å². The summed E-state index contributed by atoms with van der Waals surface area (Å²) in [5.74, 6) is 0.320. The van der Waals surface area contributed by atoms with Crippen molar-refractivity contribution < 1.29 is 14.6 Å². The number of carbonyl (C=O) groups is 1. The number of nitrogens with zero attached hydrogens (tertiary/aromatic N) is 1. The lowest BCUT2D eigenvalue weighted by molar-refractivity contribution is 0.0601. The molecular formula is C20H23NO3. The maximum atomic E-state index is 11.8. The van der Waals surface area contributed by atoms with E-state index in [1.54, 1.807) is 6.07 Å². The Morgan fingerprint density at radius 2 is 2.21 bits per heavy atom. The van der Waals surface area contributed by atoms with Gasteiger partial charge in [-0.15, -0.1) is 0 Å². The van der Waals surface area contributed by atoms with Crippen LogP contribution in [0.5, 0.6) is 0 Å². The molecule has 1 saturated carbocycles. The summed E-state index contributed by atoms with van der Waals surface area (Å²) in [6, 6.07) is 5.41. The van der Waals surface area contributed by atoms with E-state index in [-0.39, 0.29) is 12.6 Å². The van der Waals surface area contributed by atoms with Crippen LogP contribution in [-0.2, 0) is 24.2 Å². The maximum absolute atomic E-state index is 11.8. The number of hydrogen-bond donors (Lipinski definition) is 1. The first kappa shape index (κ1) is 15.6. The number of esters is 1. The molecule has 0 aliphatic heterocycles. The molecule has 2 aromatic rings. The number of pyridine rings is 1. The molecule has 2 aliphatic rings. The molecule has 4 nitrogen and oxygen atoms in total. The lowest BCUT2D eigenvalue weighted by atomic mass is 9.75. The molecule has 0 bridgehead atoms. The predicted octanol–water partition coefficient (Wildman–Crippen LogP) is 3.42. The van der Waals surface area contributed by atoms with Gasteiger partial charge >= 0.3 is 5.97 Å². The van der Waals surface area contributed by atoms with Gasteiger partial charge < -0.3 is 9.84 Å². The fourth-order valence-corrected chi connectivity index (χ4v) is 4.16. The summed E-state index contributed by atoms with van der Waals surface area (Å²) >= 11 is 0. The van der Waals surface area contributed by atoms with Crippen molar-refractivity contribution in [3.8, 4) is 0 Å². The fraction of sp³-hybridized carbons (Fsp3) is 0.500. The topological polar surface area (TPSA) is 59.4 Å². The number of hydrogen-bond acceptors (Lipinski definition) is 4. The Morgan fingerprint density at radius 3 is 2.88 bits per heavy atom. The fourth-order valence-electron chi connectivity index (χ4n) is 4.16. The average molecular weight is 325 g/mol. The molecule has 1 aromatic carbocycles. The van der Waals surface area contributed by atoms with Crippen molar-refractivity contribution in [3.05, 3.63) is 40.6 Å². The molecule has 0 unspecified atom stereocenters. The van der Waals surface area contributed by atoms with Gasteiger partial charge in [0.2, 0.25) is 0 Å².